The summed E-state index contributed by atoms with van der Waals surface area (Å²) >= 11 is 9.45. The molecule has 0 radical (unpaired) electrons. The summed E-state index contributed by atoms with van der Waals surface area (Å²) < 4.78 is 6.56. The van der Waals surface area contributed by atoms with Gasteiger partial charge in [-0.1, -0.05) is 18.5 Å². The summed E-state index contributed by atoms with van der Waals surface area (Å²) in [4.78, 5) is 0. The Labute approximate surface area is 132 Å². The van der Waals surface area contributed by atoms with E-state index in [1.807, 2.05) is 18.2 Å². The number of halogens is 2. The summed E-state index contributed by atoms with van der Waals surface area (Å²) in [5.74, 6) is 1.15. The Morgan fingerprint density at radius 2 is 2.15 bits per heavy atom. The lowest BCUT2D eigenvalue weighted by molar-refractivity contribution is 0.491. The molecule has 0 aliphatic rings. The van der Waals surface area contributed by atoms with Crippen molar-refractivity contribution < 1.29 is 4.42 Å². The molecular formula is C14H17BrClN3O. The van der Waals surface area contributed by atoms with Crippen LogP contribution in [0, 0.1) is 0 Å². The smallest absolute Gasteiger partial charge is 0.248 e. The van der Waals surface area contributed by atoms with Crippen LogP contribution in [0.1, 0.15) is 25.7 Å². The second kappa shape index (κ2) is 7.76. The van der Waals surface area contributed by atoms with Crippen LogP contribution in [0.2, 0.25) is 5.02 Å². The molecule has 1 aromatic heterocycles. The molecule has 2 aromatic rings. The summed E-state index contributed by atoms with van der Waals surface area (Å²) in [7, 11) is 0. The van der Waals surface area contributed by atoms with E-state index in [0.717, 1.165) is 42.4 Å². The average Bonchev–Trinajstić information content (AvgIpc) is 2.90. The van der Waals surface area contributed by atoms with E-state index in [1.54, 1.807) is 0 Å². The summed E-state index contributed by atoms with van der Waals surface area (Å²) in [6, 6.07) is 5.49. The molecule has 1 N–H and O–H groups in total. The summed E-state index contributed by atoms with van der Waals surface area (Å²) in [6.45, 7) is 4.16. The Kier molecular flexibility index (Phi) is 6.01. The molecule has 0 aliphatic heterocycles. The number of aromatic nitrogens is 2. The first-order valence-corrected chi connectivity index (χ1v) is 7.86. The highest BCUT2D eigenvalue weighted by molar-refractivity contribution is 9.10. The predicted octanol–water partition coefficient (Wildman–Crippen LogP) is 4.08. The van der Waals surface area contributed by atoms with Crippen LogP contribution in [0.4, 0.5) is 0 Å². The van der Waals surface area contributed by atoms with Crippen LogP contribution in [0.15, 0.2) is 27.1 Å². The lowest BCUT2D eigenvalue weighted by Crippen LogP contribution is -2.16. The van der Waals surface area contributed by atoms with Crippen LogP contribution >= 0.6 is 27.5 Å². The Bertz CT molecular complexity index is 559. The highest BCUT2D eigenvalue weighted by Crippen LogP contribution is 2.29. The van der Waals surface area contributed by atoms with Gasteiger partial charge in [-0.05, 0) is 60.1 Å². The predicted molar refractivity (Wildman–Crippen MR) is 83.9 cm³/mol. The Hall–Kier alpha value is -0.910. The second-order valence-electron chi connectivity index (χ2n) is 4.48. The molecule has 1 aromatic carbocycles. The lowest BCUT2D eigenvalue weighted by atomic mass is 10.2. The van der Waals surface area contributed by atoms with Gasteiger partial charge in [-0.15, -0.1) is 10.2 Å². The second-order valence-corrected chi connectivity index (χ2v) is 5.77. The maximum atomic E-state index is 5.99. The third-order valence-electron chi connectivity index (χ3n) is 2.80. The van der Waals surface area contributed by atoms with E-state index in [-0.39, 0.29) is 0 Å². The summed E-state index contributed by atoms with van der Waals surface area (Å²) in [5, 5.41) is 12.1. The van der Waals surface area contributed by atoms with Crippen molar-refractivity contribution in [2.45, 2.75) is 26.2 Å². The zero-order chi connectivity index (χ0) is 14.4. The number of rotatable bonds is 7. The minimum Gasteiger partial charge on any atom is -0.421 e. The van der Waals surface area contributed by atoms with Crippen LogP contribution in [-0.4, -0.2) is 23.3 Å². The molecule has 2 rings (SSSR count). The Morgan fingerprint density at radius 3 is 2.95 bits per heavy atom. The summed E-state index contributed by atoms with van der Waals surface area (Å²) in [6.07, 6.45) is 2.91. The molecule has 0 bridgehead atoms. The monoisotopic (exact) mass is 357 g/mol. The van der Waals surface area contributed by atoms with Crippen molar-refractivity contribution in [2.24, 2.45) is 0 Å². The van der Waals surface area contributed by atoms with E-state index >= 15 is 0 Å². The number of nitrogens with zero attached hydrogens (tertiary/aromatic N) is 2. The largest absolute Gasteiger partial charge is 0.421 e. The molecule has 0 fully saturated rings. The van der Waals surface area contributed by atoms with Crippen molar-refractivity contribution in [3.63, 3.8) is 0 Å². The zero-order valence-electron chi connectivity index (χ0n) is 11.3. The first kappa shape index (κ1) is 15.5. The molecule has 0 saturated carbocycles. The fourth-order valence-corrected chi connectivity index (χ4v) is 2.38. The van der Waals surface area contributed by atoms with Gasteiger partial charge in [0.2, 0.25) is 11.8 Å². The maximum absolute atomic E-state index is 5.99. The third kappa shape index (κ3) is 4.30. The van der Waals surface area contributed by atoms with Crippen molar-refractivity contribution in [3.8, 4) is 11.5 Å². The lowest BCUT2D eigenvalue weighted by Gasteiger charge is -2.00. The van der Waals surface area contributed by atoms with E-state index in [4.69, 9.17) is 16.0 Å². The molecule has 0 atom stereocenters. The number of nitrogens with one attached hydrogen (secondary N) is 1. The van der Waals surface area contributed by atoms with Gasteiger partial charge in [0.1, 0.15) is 0 Å². The maximum Gasteiger partial charge on any atom is 0.248 e. The normalized spacial score (nSPS) is 10.9. The van der Waals surface area contributed by atoms with Gasteiger partial charge in [0.15, 0.2) is 0 Å². The van der Waals surface area contributed by atoms with Crippen molar-refractivity contribution in [3.05, 3.63) is 33.6 Å². The van der Waals surface area contributed by atoms with Crippen molar-refractivity contribution in [1.82, 2.24) is 15.5 Å². The minimum atomic E-state index is 0.496. The van der Waals surface area contributed by atoms with Gasteiger partial charge in [0.25, 0.3) is 0 Å². The van der Waals surface area contributed by atoms with Crippen LogP contribution in [0.5, 0.6) is 0 Å². The van der Waals surface area contributed by atoms with Crippen LogP contribution in [0.3, 0.4) is 0 Å². The first-order valence-electron chi connectivity index (χ1n) is 6.69. The molecule has 0 saturated heterocycles. The minimum absolute atomic E-state index is 0.496. The van der Waals surface area contributed by atoms with Gasteiger partial charge in [0.05, 0.1) is 5.56 Å². The van der Waals surface area contributed by atoms with Gasteiger partial charge in [-0.3, -0.25) is 0 Å². The fourth-order valence-electron chi connectivity index (χ4n) is 1.79. The van der Waals surface area contributed by atoms with Crippen molar-refractivity contribution >= 4 is 27.5 Å². The molecular weight excluding hydrogens is 342 g/mol. The number of aryl methyl sites for hydroxylation is 1. The van der Waals surface area contributed by atoms with Crippen LogP contribution < -0.4 is 5.32 Å². The topological polar surface area (TPSA) is 51.0 Å². The SMILES string of the molecule is CCCNCCCc1nnc(-c2cc(Cl)ccc2Br)o1. The van der Waals surface area contributed by atoms with E-state index in [2.05, 4.69) is 38.4 Å². The third-order valence-corrected chi connectivity index (χ3v) is 3.72. The van der Waals surface area contributed by atoms with Gasteiger partial charge in [0, 0.05) is 15.9 Å². The van der Waals surface area contributed by atoms with Crippen molar-refractivity contribution in [1.29, 1.82) is 0 Å². The van der Waals surface area contributed by atoms with Gasteiger partial charge < -0.3 is 9.73 Å². The van der Waals surface area contributed by atoms with Crippen molar-refractivity contribution in [2.75, 3.05) is 13.1 Å². The molecule has 0 unspecified atom stereocenters. The Balaban J connectivity index is 1.96. The molecule has 108 valence electrons. The molecule has 0 aliphatic carbocycles. The van der Waals surface area contributed by atoms with E-state index < -0.39 is 0 Å². The standard InChI is InChI=1S/C14H17BrClN3O/c1-2-7-17-8-3-4-13-18-19-14(20-13)11-9-10(16)5-6-12(11)15/h5-6,9,17H,2-4,7-8H2,1H3. The zero-order valence-corrected chi connectivity index (χ0v) is 13.7. The molecule has 1 heterocycles. The molecule has 4 nitrogen and oxygen atoms in total. The van der Waals surface area contributed by atoms with Gasteiger partial charge in [-0.25, -0.2) is 0 Å². The average molecular weight is 359 g/mol. The van der Waals surface area contributed by atoms with Gasteiger partial charge in [-0.2, -0.15) is 0 Å². The molecule has 0 amide bonds. The number of hydrogen-bond donors (Lipinski definition) is 1. The van der Waals surface area contributed by atoms with Gasteiger partial charge >= 0.3 is 0 Å². The number of benzene rings is 1. The quantitative estimate of drug-likeness (QED) is 0.758. The summed E-state index contributed by atoms with van der Waals surface area (Å²) in [5.41, 5.74) is 0.820. The molecule has 6 heteroatoms. The highest BCUT2D eigenvalue weighted by Gasteiger charge is 2.12. The van der Waals surface area contributed by atoms with E-state index in [0.29, 0.717) is 16.8 Å². The van der Waals surface area contributed by atoms with E-state index in [1.165, 1.54) is 0 Å². The first-order chi connectivity index (χ1) is 9.70. The fraction of sp³-hybridized carbons (Fsp3) is 0.429. The Morgan fingerprint density at radius 1 is 1.30 bits per heavy atom. The van der Waals surface area contributed by atoms with Crippen LogP contribution in [-0.2, 0) is 6.42 Å². The number of hydrogen-bond acceptors (Lipinski definition) is 4. The van der Waals surface area contributed by atoms with E-state index in [9.17, 15) is 0 Å². The van der Waals surface area contributed by atoms with Crippen LogP contribution in [0.25, 0.3) is 11.5 Å². The highest BCUT2D eigenvalue weighted by atomic mass is 79.9. The molecule has 0 spiro atoms. The molecule has 20 heavy (non-hydrogen) atoms.